The Labute approximate surface area is 722 Å². The van der Waals surface area contributed by atoms with E-state index in [0.717, 1.165) is 75.2 Å². The van der Waals surface area contributed by atoms with Gasteiger partial charge in [0.25, 0.3) is 23.6 Å². The first-order valence-corrected chi connectivity index (χ1v) is 38.4. The lowest BCUT2D eigenvalue weighted by atomic mass is 10.2. The fourth-order valence-electron chi connectivity index (χ4n) is 12.5. The summed E-state index contributed by atoms with van der Waals surface area (Å²) in [5.74, 6) is -3.06. The Hall–Kier alpha value is -14.1. The smallest absolute Gasteiger partial charge is 0.416 e. The van der Waals surface area contributed by atoms with Crippen LogP contribution in [0, 0.1) is 27.7 Å². The number of esters is 1. The number of nitrogen functional groups attached to an aromatic ring is 1. The van der Waals surface area contributed by atoms with Crippen LogP contribution in [0.2, 0.25) is 0 Å². The molecule has 0 saturated carbocycles. The van der Waals surface area contributed by atoms with E-state index in [2.05, 4.69) is 39.9 Å². The van der Waals surface area contributed by atoms with Gasteiger partial charge in [-0.25, -0.2) is 83.4 Å². The molecule has 4 fully saturated rings. The number of nitrogens with zero attached hydrogens (tertiary/aromatic N) is 17. The minimum Gasteiger partial charge on any atom is -0.460 e. The van der Waals surface area contributed by atoms with Crippen molar-refractivity contribution in [2.75, 3.05) is 111 Å². The van der Waals surface area contributed by atoms with Crippen LogP contribution in [0.3, 0.4) is 0 Å². The summed E-state index contributed by atoms with van der Waals surface area (Å²) in [5.41, 5.74) is 1.51. The minimum atomic E-state index is -4.67. The molecular weight excluding hydrogens is 1720 g/mol. The number of anilines is 10. The highest BCUT2D eigenvalue weighted by Crippen LogP contribution is 2.39. The van der Waals surface area contributed by atoms with Gasteiger partial charge in [0.15, 0.2) is 24.2 Å². The Balaban J connectivity index is 0.000000194. The van der Waals surface area contributed by atoms with Crippen molar-refractivity contribution in [3.63, 3.8) is 0 Å². The number of likely N-dealkylation sites (N-methyl/N-ethyl adjacent to an activating group) is 4. The normalized spacial score (nSPS) is 16.4. The lowest BCUT2D eigenvalue weighted by Gasteiger charge is -2.26. The molecule has 0 aromatic carbocycles. The Morgan fingerprint density at radius 1 is 0.375 bits per heavy atom. The predicted molar refractivity (Wildman–Crippen MR) is 435 cm³/mol. The molecule has 34 nitrogen and oxygen atoms in total. The monoisotopic (exact) mass is 1810 g/mol. The summed E-state index contributed by atoms with van der Waals surface area (Å²) in [4.78, 5) is 168. The van der Waals surface area contributed by atoms with E-state index in [9.17, 15) is 101 Å². The third-order valence-corrected chi connectivity index (χ3v) is 18.6. The van der Waals surface area contributed by atoms with Crippen LogP contribution in [-0.4, -0.2) is 197 Å². The van der Waals surface area contributed by atoms with E-state index in [4.69, 9.17) is 34.2 Å². The number of aromatic nitrogens is 8. The zero-order valence-electron chi connectivity index (χ0n) is 71.3. The molecule has 12 heterocycles. The van der Waals surface area contributed by atoms with Crippen molar-refractivity contribution in [1.82, 2.24) is 39.9 Å². The highest BCUT2D eigenvalue weighted by molar-refractivity contribution is 6.08. The molecular formula is C82H86F12N18O16. The van der Waals surface area contributed by atoms with Crippen LogP contribution in [0.15, 0.2) is 121 Å². The number of carbonyl (C=O) groups excluding carboxylic acids is 10. The molecule has 4 aliphatic rings. The number of amides is 9. The summed E-state index contributed by atoms with van der Waals surface area (Å²) < 4.78 is 189. The number of halogens is 12. The lowest BCUT2D eigenvalue weighted by Crippen LogP contribution is -2.47. The number of ether oxygens (including phenoxy) is 6. The van der Waals surface area contributed by atoms with Gasteiger partial charge in [0, 0.05) is 63.7 Å². The van der Waals surface area contributed by atoms with E-state index < -0.39 is 149 Å². The van der Waals surface area contributed by atoms with Crippen molar-refractivity contribution in [2.24, 2.45) is 0 Å². The van der Waals surface area contributed by atoms with Crippen LogP contribution in [0.1, 0.15) is 105 Å². The van der Waals surface area contributed by atoms with Crippen LogP contribution >= 0.6 is 0 Å². The zero-order chi connectivity index (χ0) is 95.1. The number of nitrogens with two attached hydrogens (primary N) is 1. The SMILES string of the molecule is CCc1cccc(N(C)C(=O)[C@@H]2COC(=O)N2c2cc(C(F)(F)F)cc(C)n2)n1.Cc1cc(C(F)(F)F)cc(N2C(=O)OC[C@H]2C(=O)N(C)c2cccc(CC(=O)OC(C)(C)C)n2)n1.Cc1cc(C(F)(F)F)cc(N2C(=O)OC[C@H]2C(=O)N(C)c2cccc(N(C)C(=O)OC(C)(C)C)n2)n1.Cc1cc(C(F)(F)F)cc(N2C(=O)OC[C@H]2C(=O)N(C)c2cccc(N)n2)n1. The van der Waals surface area contributed by atoms with Gasteiger partial charge in [0.05, 0.1) is 34.4 Å². The fraction of sp³-hybridized carbons (Fsp3) is 0.390. The highest BCUT2D eigenvalue weighted by Gasteiger charge is 2.49. The van der Waals surface area contributed by atoms with E-state index in [1.807, 2.05) is 13.0 Å². The Morgan fingerprint density at radius 3 is 0.914 bits per heavy atom. The molecule has 12 rings (SSSR count). The number of alkyl halides is 12. The van der Waals surface area contributed by atoms with Crippen LogP contribution in [0.4, 0.5) is 135 Å². The van der Waals surface area contributed by atoms with Gasteiger partial charge < -0.3 is 34.2 Å². The molecule has 46 heteroatoms. The number of carbonyl (C=O) groups is 10. The molecule has 128 heavy (non-hydrogen) atoms. The van der Waals surface area contributed by atoms with Gasteiger partial charge in [-0.3, -0.25) is 48.5 Å². The van der Waals surface area contributed by atoms with Crippen LogP contribution < -0.4 is 49.8 Å². The maximum Gasteiger partial charge on any atom is 0.416 e. The van der Waals surface area contributed by atoms with Gasteiger partial charge in [0.2, 0.25) is 0 Å². The van der Waals surface area contributed by atoms with Gasteiger partial charge in [-0.05, 0) is 173 Å². The van der Waals surface area contributed by atoms with Crippen LogP contribution in [-0.2, 0) is 89.9 Å². The Morgan fingerprint density at radius 2 is 0.633 bits per heavy atom. The topological polar surface area (TPSA) is 384 Å². The summed E-state index contributed by atoms with van der Waals surface area (Å²) in [6.45, 7) is 16.3. The minimum absolute atomic E-state index is 0.0126. The Kier molecular flexibility index (Phi) is 29.6. The molecule has 0 unspecified atom stereocenters. The van der Waals surface area contributed by atoms with Gasteiger partial charge in [-0.1, -0.05) is 31.2 Å². The van der Waals surface area contributed by atoms with Crippen molar-refractivity contribution >= 4 is 118 Å². The quantitative estimate of drug-likeness (QED) is 0.0533. The lowest BCUT2D eigenvalue weighted by molar-refractivity contribution is -0.154. The number of pyridine rings is 8. The van der Waals surface area contributed by atoms with E-state index in [0.29, 0.717) is 36.1 Å². The van der Waals surface area contributed by atoms with E-state index >= 15 is 0 Å². The Bertz CT molecular complexity index is 5540. The standard InChI is InChI=1S/C23H26F3N5O5.C23H25F3N4O5.C19H19F3N4O3.C17H16F3N5O3/c1-13-10-14(23(24,25)26)11-18(27-13)31-15(12-35-21(31)34)19(32)29(5)16-8-7-9-17(28-16)30(6)20(33)36-22(2,3)4;1-13-9-14(23(24,25)26)10-18(27-13)30-16(12-34-21(30)33)20(32)29(5)17-8-6-7-15(28-17)11-19(31)35-22(2,3)4;1-4-13-6-5-7-15(24-13)25(3)17(27)14-10-29-18(28)26(14)16-9-12(19(20,21)22)8-11(2)23-16;1-9-6-10(17(18,19)20)7-14(22-9)25-11(8-28-16(25)27)15(26)24(2)13-5-3-4-12(21)23-13/h7-11,15H,12H2,1-6H3;6-10,16H,11-12H2,1-5H3;5-9,14H,4,10H2,1-3H3;3-7,11H,8H2,1-2H3,(H2,21,23)/t15-;16-;14-;11-/m0000/s1. The van der Waals surface area contributed by atoms with Gasteiger partial charge in [-0.15, -0.1) is 0 Å². The van der Waals surface area contributed by atoms with Crippen molar-refractivity contribution in [1.29, 1.82) is 0 Å². The van der Waals surface area contributed by atoms with Gasteiger partial charge >= 0.3 is 61.1 Å². The largest absolute Gasteiger partial charge is 0.460 e. The van der Waals surface area contributed by atoms with Crippen molar-refractivity contribution in [3.05, 3.63) is 178 Å². The molecule has 4 saturated heterocycles. The molecule has 4 aliphatic heterocycles. The molecule has 9 amide bonds. The highest BCUT2D eigenvalue weighted by atomic mass is 19.4. The number of aryl methyl sites for hydroxylation is 5. The molecule has 0 bridgehead atoms. The molecule has 2 N–H and O–H groups in total. The van der Waals surface area contributed by atoms with E-state index in [-0.39, 0.29) is 101 Å². The first kappa shape index (κ1) is 97.7. The zero-order valence-corrected chi connectivity index (χ0v) is 71.3. The predicted octanol–water partition coefficient (Wildman–Crippen LogP) is 13.6. The fourth-order valence-corrected chi connectivity index (χ4v) is 12.5. The molecule has 4 atom stereocenters. The molecule has 8 aromatic rings. The second-order valence-corrected chi connectivity index (χ2v) is 30.8. The molecule has 0 radical (unpaired) electrons. The maximum absolute atomic E-state index is 13.3. The van der Waals surface area contributed by atoms with Crippen LogP contribution in [0.5, 0.6) is 0 Å². The summed E-state index contributed by atoms with van der Waals surface area (Å²) in [6, 6.07) is 20.5. The van der Waals surface area contributed by atoms with Crippen molar-refractivity contribution in [2.45, 2.75) is 149 Å². The average Bonchev–Trinajstić information content (AvgIpc) is 1.62. The van der Waals surface area contributed by atoms with Crippen molar-refractivity contribution in [3.8, 4) is 0 Å². The second kappa shape index (κ2) is 38.8. The van der Waals surface area contributed by atoms with Gasteiger partial charge in [-0.2, -0.15) is 52.7 Å². The van der Waals surface area contributed by atoms with Crippen LogP contribution in [0.25, 0.3) is 0 Å². The van der Waals surface area contributed by atoms with Crippen molar-refractivity contribution < 1.29 is 129 Å². The molecule has 684 valence electrons. The second-order valence-electron chi connectivity index (χ2n) is 30.8. The first-order chi connectivity index (χ1) is 59.4. The first-order valence-electron chi connectivity index (χ1n) is 38.4. The number of cyclic esters (lactones) is 4. The third kappa shape index (κ3) is 24.3. The maximum atomic E-state index is 13.3. The average molecular weight is 1810 g/mol. The summed E-state index contributed by atoms with van der Waals surface area (Å²) in [6.07, 6.45) is -22.6. The number of rotatable bonds is 16. The third-order valence-electron chi connectivity index (χ3n) is 18.6. The molecule has 0 spiro atoms. The summed E-state index contributed by atoms with van der Waals surface area (Å²) in [7, 11) is 7.13. The molecule has 8 aromatic heterocycles. The summed E-state index contributed by atoms with van der Waals surface area (Å²) in [5, 5.41) is 0. The number of hydrogen-bond acceptors (Lipinski definition) is 25. The van der Waals surface area contributed by atoms with E-state index in [1.54, 1.807) is 77.9 Å². The summed E-state index contributed by atoms with van der Waals surface area (Å²) >= 11 is 0. The number of hydrogen-bond donors (Lipinski definition) is 1. The molecule has 0 aliphatic carbocycles. The van der Waals surface area contributed by atoms with Gasteiger partial charge in [0.1, 0.15) is 95.8 Å². The van der Waals surface area contributed by atoms with E-state index in [1.165, 1.54) is 98.2 Å².